The van der Waals surface area contributed by atoms with Crippen LogP contribution in [0.25, 0.3) is 110 Å². The van der Waals surface area contributed by atoms with E-state index in [2.05, 4.69) is 123 Å². The summed E-state index contributed by atoms with van der Waals surface area (Å²) in [6.07, 6.45) is 3.88. The molecule has 0 bridgehead atoms. The molecule has 0 saturated heterocycles. The zero-order chi connectivity index (χ0) is 36.7. The third-order valence-corrected chi connectivity index (χ3v) is 11.2. The van der Waals surface area contributed by atoms with Gasteiger partial charge in [-0.3, -0.25) is 9.55 Å². The second-order valence-electron chi connectivity index (χ2n) is 14.3. The molecular weight excluding hydrogens is 685 g/mol. The van der Waals surface area contributed by atoms with Crippen LogP contribution in [0.1, 0.15) is 0 Å². The molecule has 0 aliphatic heterocycles. The molecule has 0 atom stereocenters. The normalized spacial score (nSPS) is 11.9. The van der Waals surface area contributed by atoms with Gasteiger partial charge in [0.2, 0.25) is 5.95 Å². The van der Waals surface area contributed by atoms with Crippen molar-refractivity contribution in [1.29, 1.82) is 0 Å². The van der Waals surface area contributed by atoms with Crippen molar-refractivity contribution in [2.45, 2.75) is 0 Å². The summed E-state index contributed by atoms with van der Waals surface area (Å²) in [5.74, 6) is 1.81. The Hall–Kier alpha value is -7.70. The van der Waals surface area contributed by atoms with E-state index in [0.29, 0.717) is 17.6 Å². The topological polar surface area (TPSA) is 61.4 Å². The largest absolute Gasteiger partial charge is 0.309 e. The summed E-state index contributed by atoms with van der Waals surface area (Å²) in [4.78, 5) is 20.0. The summed E-state index contributed by atoms with van der Waals surface area (Å²) in [7, 11) is 0. The van der Waals surface area contributed by atoms with Gasteiger partial charge in [0.1, 0.15) is 0 Å². The van der Waals surface area contributed by atoms with E-state index in [4.69, 9.17) is 15.0 Å². The third kappa shape index (κ3) is 4.50. The van der Waals surface area contributed by atoms with Gasteiger partial charge < -0.3 is 4.57 Å². The maximum atomic E-state index is 5.19. The lowest BCUT2D eigenvalue weighted by molar-refractivity contribution is 0.953. The van der Waals surface area contributed by atoms with Crippen LogP contribution in [-0.2, 0) is 0 Å². The van der Waals surface area contributed by atoms with Crippen molar-refractivity contribution in [3.63, 3.8) is 0 Å². The van der Waals surface area contributed by atoms with E-state index in [1.165, 1.54) is 32.3 Å². The molecule has 4 heterocycles. The Morgan fingerprint density at radius 2 is 0.839 bits per heavy atom. The van der Waals surface area contributed by atoms with Crippen LogP contribution in [0.2, 0.25) is 0 Å². The lowest BCUT2D eigenvalue weighted by Crippen LogP contribution is -2.06. The van der Waals surface area contributed by atoms with Crippen molar-refractivity contribution >= 4 is 75.9 Å². The van der Waals surface area contributed by atoms with Gasteiger partial charge in [-0.2, -0.15) is 9.97 Å². The number of nitrogens with zero attached hydrogens (tertiary/aromatic N) is 6. The molecule has 56 heavy (non-hydrogen) atoms. The second kappa shape index (κ2) is 11.9. The zero-order valence-corrected chi connectivity index (χ0v) is 30.0. The van der Waals surface area contributed by atoms with Gasteiger partial charge in [0, 0.05) is 50.8 Å². The SMILES string of the molecule is c1ccc(-c2nc(-c3ccccc3)nc(-n3c4ccccc4c4cc5c6cnccc6n(-c6ccc7c8ccccc8c8ccccc8c7c6)c5cc43)n2)cc1. The van der Waals surface area contributed by atoms with E-state index in [9.17, 15) is 0 Å². The molecule has 0 aliphatic rings. The number of hydrogen-bond donors (Lipinski definition) is 0. The monoisotopic (exact) mass is 714 g/mol. The minimum absolute atomic E-state index is 0.566. The predicted molar refractivity (Wildman–Crippen MR) is 230 cm³/mol. The molecule has 0 N–H and O–H groups in total. The standard InChI is InChI=1S/C50H30N6/c1-3-13-31(14-4-1)48-52-49(32-15-5-2-6-16-32)54-50(53-48)56-44-22-12-11-21-39(44)41-28-42-43-30-51-26-25-45(43)55(46(42)29-47(41)56)33-23-24-38-36-19-8-7-17-34(36)35-18-9-10-20-37(35)40(38)27-33/h1-30H. The van der Waals surface area contributed by atoms with Crippen LogP contribution in [-0.4, -0.2) is 29.1 Å². The van der Waals surface area contributed by atoms with Gasteiger partial charge in [0.05, 0.1) is 22.1 Å². The lowest BCUT2D eigenvalue weighted by atomic mass is 9.94. The number of para-hydroxylation sites is 1. The molecule has 0 fully saturated rings. The maximum Gasteiger partial charge on any atom is 0.238 e. The summed E-state index contributed by atoms with van der Waals surface area (Å²) >= 11 is 0. The number of aromatic nitrogens is 6. The lowest BCUT2D eigenvalue weighted by Gasteiger charge is -2.14. The molecule has 12 aromatic rings. The molecule has 8 aromatic carbocycles. The number of rotatable bonds is 4. The van der Waals surface area contributed by atoms with Crippen LogP contribution >= 0.6 is 0 Å². The quantitative estimate of drug-likeness (QED) is 0.170. The van der Waals surface area contributed by atoms with Crippen LogP contribution in [0.4, 0.5) is 0 Å². The molecule has 6 heteroatoms. The first-order chi connectivity index (χ1) is 27.8. The van der Waals surface area contributed by atoms with Gasteiger partial charge in [-0.15, -0.1) is 0 Å². The molecule has 6 nitrogen and oxygen atoms in total. The highest BCUT2D eigenvalue weighted by Crippen LogP contribution is 2.41. The number of hydrogen-bond acceptors (Lipinski definition) is 4. The Balaban J connectivity index is 1.18. The van der Waals surface area contributed by atoms with Gasteiger partial charge in [0.15, 0.2) is 11.6 Å². The Morgan fingerprint density at radius 3 is 1.50 bits per heavy atom. The molecule has 0 spiro atoms. The van der Waals surface area contributed by atoms with Gasteiger partial charge in [-0.05, 0) is 68.7 Å². The second-order valence-corrected chi connectivity index (χ2v) is 14.3. The molecule has 12 rings (SSSR count). The highest BCUT2D eigenvalue weighted by molar-refractivity contribution is 6.26. The van der Waals surface area contributed by atoms with Crippen LogP contribution in [0.5, 0.6) is 0 Å². The van der Waals surface area contributed by atoms with Gasteiger partial charge in [-0.1, -0.05) is 133 Å². The molecule has 4 aromatic heterocycles. The Bertz CT molecular complexity index is 3440. The third-order valence-electron chi connectivity index (χ3n) is 11.2. The Kier molecular flexibility index (Phi) is 6.53. The Morgan fingerprint density at radius 1 is 0.321 bits per heavy atom. The van der Waals surface area contributed by atoms with Crippen molar-refractivity contribution in [3.05, 3.63) is 182 Å². The van der Waals surface area contributed by atoms with E-state index in [0.717, 1.165) is 60.4 Å². The van der Waals surface area contributed by atoms with Crippen LogP contribution in [0, 0.1) is 0 Å². The van der Waals surface area contributed by atoms with Crippen molar-refractivity contribution in [2.75, 3.05) is 0 Å². The number of pyridine rings is 1. The predicted octanol–water partition coefficient (Wildman–Crippen LogP) is 12.3. The summed E-state index contributed by atoms with van der Waals surface area (Å²) in [6, 6.07) is 59.9. The van der Waals surface area contributed by atoms with Crippen molar-refractivity contribution < 1.29 is 0 Å². The molecule has 0 saturated carbocycles. The number of fused-ring (bicyclic) bond motifs is 12. The van der Waals surface area contributed by atoms with E-state index in [-0.39, 0.29) is 0 Å². The molecular formula is C50H30N6. The fourth-order valence-electron chi connectivity index (χ4n) is 8.75. The smallest absolute Gasteiger partial charge is 0.238 e. The van der Waals surface area contributed by atoms with Crippen molar-refractivity contribution in [3.8, 4) is 34.4 Å². The average Bonchev–Trinajstić information content (AvgIpc) is 3.78. The van der Waals surface area contributed by atoms with Crippen LogP contribution in [0.3, 0.4) is 0 Å². The van der Waals surface area contributed by atoms with E-state index >= 15 is 0 Å². The fraction of sp³-hybridized carbons (Fsp3) is 0. The zero-order valence-electron chi connectivity index (χ0n) is 30.0. The van der Waals surface area contributed by atoms with Gasteiger partial charge >= 0.3 is 0 Å². The van der Waals surface area contributed by atoms with Crippen molar-refractivity contribution in [2.24, 2.45) is 0 Å². The molecule has 0 amide bonds. The highest BCUT2D eigenvalue weighted by Gasteiger charge is 2.21. The van der Waals surface area contributed by atoms with Gasteiger partial charge in [0.25, 0.3) is 0 Å². The summed E-state index contributed by atoms with van der Waals surface area (Å²) < 4.78 is 4.58. The fourth-order valence-corrected chi connectivity index (χ4v) is 8.75. The summed E-state index contributed by atoms with van der Waals surface area (Å²) in [6.45, 7) is 0. The molecule has 0 aliphatic carbocycles. The first kappa shape index (κ1) is 30.7. The van der Waals surface area contributed by atoms with Crippen molar-refractivity contribution in [1.82, 2.24) is 29.1 Å². The molecule has 0 radical (unpaired) electrons. The first-order valence-electron chi connectivity index (χ1n) is 18.8. The van der Waals surface area contributed by atoms with E-state index in [1.807, 2.05) is 73.1 Å². The minimum Gasteiger partial charge on any atom is -0.309 e. The number of benzene rings is 8. The van der Waals surface area contributed by atoms with Gasteiger partial charge in [-0.25, -0.2) is 4.98 Å². The van der Waals surface area contributed by atoms with E-state index in [1.54, 1.807) is 0 Å². The van der Waals surface area contributed by atoms with Crippen LogP contribution in [0.15, 0.2) is 182 Å². The highest BCUT2D eigenvalue weighted by atomic mass is 15.2. The minimum atomic E-state index is 0.566. The first-order valence-corrected chi connectivity index (χ1v) is 18.8. The van der Waals surface area contributed by atoms with Crippen LogP contribution < -0.4 is 0 Å². The Labute approximate surface area is 320 Å². The average molecular weight is 715 g/mol. The summed E-state index contributed by atoms with van der Waals surface area (Å²) in [5, 5.41) is 12.0. The summed E-state index contributed by atoms with van der Waals surface area (Å²) in [5.41, 5.74) is 7.16. The van der Waals surface area contributed by atoms with E-state index < -0.39 is 0 Å². The molecule has 0 unspecified atom stereocenters. The maximum absolute atomic E-state index is 5.19. The molecule has 260 valence electrons.